The van der Waals surface area contributed by atoms with Gasteiger partial charge in [-0.3, -0.25) is 9.10 Å². The zero-order valence-electron chi connectivity index (χ0n) is 17.4. The molecule has 162 valence electrons. The van der Waals surface area contributed by atoms with Gasteiger partial charge in [-0.15, -0.1) is 0 Å². The molecule has 1 atom stereocenters. The van der Waals surface area contributed by atoms with E-state index < -0.39 is 22.0 Å². The summed E-state index contributed by atoms with van der Waals surface area (Å²) in [5.41, 5.74) is 1.59. The van der Waals surface area contributed by atoms with E-state index >= 15 is 0 Å². The lowest BCUT2D eigenvalue weighted by Gasteiger charge is -2.28. The Morgan fingerprint density at radius 1 is 0.968 bits per heavy atom. The molecule has 0 fully saturated rings. The number of benzene rings is 3. The van der Waals surface area contributed by atoms with Crippen LogP contribution in [0.3, 0.4) is 0 Å². The Balaban J connectivity index is 1.82. The molecule has 0 aliphatic carbocycles. The van der Waals surface area contributed by atoms with Gasteiger partial charge in [0.15, 0.2) is 0 Å². The molecule has 8 heteroatoms. The van der Waals surface area contributed by atoms with Crippen molar-refractivity contribution in [3.8, 4) is 11.5 Å². The maximum atomic E-state index is 12.9. The maximum absolute atomic E-state index is 12.9. The van der Waals surface area contributed by atoms with Gasteiger partial charge >= 0.3 is 0 Å². The number of para-hydroxylation sites is 1. The first-order valence-corrected chi connectivity index (χ1v) is 11.8. The molecule has 6 nitrogen and oxygen atoms in total. The summed E-state index contributed by atoms with van der Waals surface area (Å²) >= 11 is 6.11. The Morgan fingerprint density at radius 2 is 1.58 bits per heavy atom. The number of sulfonamides is 1. The molecule has 0 saturated carbocycles. The Kier molecular flexibility index (Phi) is 6.87. The van der Waals surface area contributed by atoms with Gasteiger partial charge in [0.05, 0.1) is 11.9 Å². The highest BCUT2D eigenvalue weighted by Crippen LogP contribution is 2.28. The van der Waals surface area contributed by atoms with E-state index in [9.17, 15) is 13.2 Å². The van der Waals surface area contributed by atoms with Crippen LogP contribution in [0.4, 0.5) is 11.4 Å². The maximum Gasteiger partial charge on any atom is 0.248 e. The van der Waals surface area contributed by atoms with Crippen LogP contribution in [0.1, 0.15) is 12.5 Å². The minimum atomic E-state index is -3.74. The molecule has 0 bridgehead atoms. The van der Waals surface area contributed by atoms with Crippen LogP contribution in [0, 0.1) is 6.92 Å². The van der Waals surface area contributed by atoms with Crippen LogP contribution in [0.25, 0.3) is 0 Å². The molecule has 31 heavy (non-hydrogen) atoms. The summed E-state index contributed by atoms with van der Waals surface area (Å²) in [5.74, 6) is 0.746. The van der Waals surface area contributed by atoms with E-state index in [2.05, 4.69) is 5.32 Å². The third-order valence-corrected chi connectivity index (χ3v) is 6.34. The highest BCUT2D eigenvalue weighted by molar-refractivity contribution is 7.92. The van der Waals surface area contributed by atoms with E-state index in [1.54, 1.807) is 49.4 Å². The fourth-order valence-corrected chi connectivity index (χ4v) is 4.42. The number of nitrogens with zero attached hydrogens (tertiary/aromatic N) is 1. The molecule has 1 N–H and O–H groups in total. The fourth-order valence-electron chi connectivity index (χ4n) is 3.07. The first-order chi connectivity index (χ1) is 14.7. The number of anilines is 2. The number of carbonyl (C=O) groups excluding carboxylic acids is 1. The second kappa shape index (κ2) is 9.41. The normalized spacial score (nSPS) is 12.1. The number of nitrogens with one attached hydrogen (secondary N) is 1. The van der Waals surface area contributed by atoms with E-state index in [1.807, 2.05) is 30.3 Å². The summed E-state index contributed by atoms with van der Waals surface area (Å²) in [7, 11) is -3.74. The number of hydrogen-bond acceptors (Lipinski definition) is 4. The minimum Gasteiger partial charge on any atom is -0.457 e. The Morgan fingerprint density at radius 3 is 2.19 bits per heavy atom. The smallest absolute Gasteiger partial charge is 0.248 e. The first-order valence-electron chi connectivity index (χ1n) is 9.55. The molecule has 1 unspecified atom stereocenters. The predicted octanol–water partition coefficient (Wildman–Crippen LogP) is 5.23. The van der Waals surface area contributed by atoms with Crippen molar-refractivity contribution in [2.45, 2.75) is 19.9 Å². The van der Waals surface area contributed by atoms with Crippen LogP contribution in [0.2, 0.25) is 5.02 Å². The van der Waals surface area contributed by atoms with Gasteiger partial charge in [-0.05, 0) is 67.9 Å². The van der Waals surface area contributed by atoms with Crippen molar-refractivity contribution in [3.63, 3.8) is 0 Å². The van der Waals surface area contributed by atoms with Crippen molar-refractivity contribution in [2.24, 2.45) is 0 Å². The van der Waals surface area contributed by atoms with Gasteiger partial charge < -0.3 is 10.1 Å². The van der Waals surface area contributed by atoms with Crippen LogP contribution in [-0.4, -0.2) is 26.6 Å². The highest BCUT2D eigenvalue weighted by atomic mass is 35.5. The molecule has 0 aromatic heterocycles. The van der Waals surface area contributed by atoms with E-state index in [-0.39, 0.29) is 0 Å². The van der Waals surface area contributed by atoms with Gasteiger partial charge in [0, 0.05) is 10.7 Å². The summed E-state index contributed by atoms with van der Waals surface area (Å²) in [4.78, 5) is 12.9. The van der Waals surface area contributed by atoms with Crippen molar-refractivity contribution in [3.05, 3.63) is 83.4 Å². The number of hydrogen-bond donors (Lipinski definition) is 1. The van der Waals surface area contributed by atoms with Crippen molar-refractivity contribution in [1.29, 1.82) is 0 Å². The van der Waals surface area contributed by atoms with Crippen LogP contribution < -0.4 is 14.4 Å². The standard InChI is InChI=1S/C23H23ClN2O4S/c1-16-21(24)10-7-11-22(16)25-23(27)17(2)26(31(3,28)29)18-12-14-20(15-13-18)30-19-8-5-4-6-9-19/h4-15,17H,1-3H3,(H,25,27). The second-order valence-electron chi connectivity index (χ2n) is 7.05. The largest absolute Gasteiger partial charge is 0.457 e. The van der Waals surface area contributed by atoms with Crippen LogP contribution in [0.5, 0.6) is 11.5 Å². The monoisotopic (exact) mass is 458 g/mol. The lowest BCUT2D eigenvalue weighted by atomic mass is 10.2. The number of carbonyl (C=O) groups is 1. The van der Waals surface area contributed by atoms with Gasteiger partial charge in [-0.1, -0.05) is 35.9 Å². The molecule has 0 heterocycles. The second-order valence-corrected chi connectivity index (χ2v) is 9.31. The van der Waals surface area contributed by atoms with Gasteiger partial charge in [-0.25, -0.2) is 8.42 Å². The molecule has 0 radical (unpaired) electrons. The van der Waals surface area contributed by atoms with Crippen molar-refractivity contribution >= 4 is 38.9 Å². The first kappa shape index (κ1) is 22.7. The van der Waals surface area contributed by atoms with Crippen molar-refractivity contribution < 1.29 is 17.9 Å². The lowest BCUT2D eigenvalue weighted by molar-refractivity contribution is -0.116. The van der Waals surface area contributed by atoms with Gasteiger partial charge in [0.2, 0.25) is 15.9 Å². The van der Waals surface area contributed by atoms with Crippen LogP contribution in [-0.2, 0) is 14.8 Å². The predicted molar refractivity (Wildman–Crippen MR) is 125 cm³/mol. The minimum absolute atomic E-state index is 0.355. The third-order valence-electron chi connectivity index (χ3n) is 4.68. The highest BCUT2D eigenvalue weighted by Gasteiger charge is 2.29. The Bertz CT molecular complexity index is 1170. The van der Waals surface area contributed by atoms with Crippen LogP contribution in [0.15, 0.2) is 72.8 Å². The van der Waals surface area contributed by atoms with Gasteiger partial charge in [0.25, 0.3) is 0 Å². The third kappa shape index (κ3) is 5.57. The van der Waals surface area contributed by atoms with Crippen molar-refractivity contribution in [2.75, 3.05) is 15.9 Å². The summed E-state index contributed by atoms with van der Waals surface area (Å²) in [6.07, 6.45) is 1.07. The van der Waals surface area contributed by atoms with Crippen LogP contribution >= 0.6 is 11.6 Å². The molecule has 0 aliphatic rings. The SMILES string of the molecule is Cc1c(Cl)cccc1NC(=O)C(C)N(c1ccc(Oc2ccccc2)cc1)S(C)(=O)=O. The van der Waals surface area contributed by atoms with Gasteiger partial charge in [0.1, 0.15) is 17.5 Å². The summed E-state index contributed by atoms with van der Waals surface area (Å²) in [6, 6.07) is 19.9. The zero-order valence-corrected chi connectivity index (χ0v) is 18.9. The quantitative estimate of drug-likeness (QED) is 0.525. The molecule has 3 aromatic carbocycles. The van der Waals surface area contributed by atoms with E-state index in [0.29, 0.717) is 33.5 Å². The van der Waals surface area contributed by atoms with Crippen molar-refractivity contribution in [1.82, 2.24) is 0 Å². The number of amides is 1. The fraction of sp³-hybridized carbons (Fsp3) is 0.174. The summed E-state index contributed by atoms with van der Waals surface area (Å²) in [5, 5.41) is 3.28. The van der Waals surface area contributed by atoms with E-state index in [0.717, 1.165) is 10.6 Å². The summed E-state index contributed by atoms with van der Waals surface area (Å²) in [6.45, 7) is 3.31. The number of ether oxygens (including phenoxy) is 1. The van der Waals surface area contributed by atoms with E-state index in [1.165, 1.54) is 6.92 Å². The number of rotatable bonds is 7. The van der Waals surface area contributed by atoms with E-state index in [4.69, 9.17) is 16.3 Å². The molecule has 0 aliphatic heterocycles. The molecule has 3 rings (SSSR count). The zero-order chi connectivity index (χ0) is 22.6. The lowest BCUT2D eigenvalue weighted by Crippen LogP contribution is -2.45. The number of halogens is 1. The summed E-state index contributed by atoms with van der Waals surface area (Å²) < 4.78 is 31.9. The molecular weight excluding hydrogens is 436 g/mol. The Labute approximate surface area is 187 Å². The molecule has 0 spiro atoms. The average Bonchev–Trinajstić information content (AvgIpc) is 2.72. The van der Waals surface area contributed by atoms with Gasteiger partial charge in [-0.2, -0.15) is 0 Å². The Hall–Kier alpha value is -3.03. The molecule has 3 aromatic rings. The average molecular weight is 459 g/mol. The molecule has 1 amide bonds. The molecular formula is C23H23ClN2O4S. The molecule has 0 saturated heterocycles. The topological polar surface area (TPSA) is 75.7 Å².